The minimum Gasteiger partial charge on any atom is -0.480 e. The molecule has 0 radical (unpaired) electrons. The molecule has 7 nitrogen and oxygen atoms in total. The number of nitrogens with zero attached hydrogens (tertiary/aromatic N) is 2. The van der Waals surface area contributed by atoms with Crippen LogP contribution < -0.4 is 11.0 Å². The van der Waals surface area contributed by atoms with Crippen LogP contribution in [0.3, 0.4) is 0 Å². The van der Waals surface area contributed by atoms with Gasteiger partial charge in [-0.05, 0) is 27.3 Å². The molecule has 3 N–H and O–H groups in total. The van der Waals surface area contributed by atoms with Crippen LogP contribution in [0.1, 0.15) is 27.2 Å². The molecule has 0 saturated carbocycles. The Balaban J connectivity index is 2.77. The minimum atomic E-state index is -0.986. The second-order valence-electron chi connectivity index (χ2n) is 4.58. The molecule has 1 aromatic rings. The van der Waals surface area contributed by atoms with Crippen LogP contribution in [0.15, 0.2) is 9.95 Å². The highest BCUT2D eigenvalue weighted by atomic mass is 32.2. The first-order valence-corrected chi connectivity index (χ1v) is 6.96. The molecule has 0 saturated heterocycles. The molecule has 0 fully saturated rings. The summed E-state index contributed by atoms with van der Waals surface area (Å²) in [5, 5.41) is 19.0. The van der Waals surface area contributed by atoms with Crippen LogP contribution in [-0.2, 0) is 11.3 Å². The summed E-state index contributed by atoms with van der Waals surface area (Å²) in [6.45, 7) is 5.96. The molecule has 2 atom stereocenters. The Hall–Kier alpha value is -1.28. The number of thioether (sulfide) groups is 1. The van der Waals surface area contributed by atoms with Gasteiger partial charge in [0.2, 0.25) is 0 Å². The van der Waals surface area contributed by atoms with Crippen LogP contribution in [0, 0.1) is 0 Å². The maximum Gasteiger partial charge on any atom is 0.343 e. The lowest BCUT2D eigenvalue weighted by Crippen LogP contribution is -2.49. The zero-order valence-electron chi connectivity index (χ0n) is 11.6. The summed E-state index contributed by atoms with van der Waals surface area (Å²) in [6.07, 6.45) is 0.425. The van der Waals surface area contributed by atoms with Crippen molar-refractivity contribution >= 4 is 17.7 Å². The molecule has 0 amide bonds. The normalized spacial score (nSPS) is 16.0. The molecule has 1 heterocycles. The molecule has 0 aliphatic heterocycles. The van der Waals surface area contributed by atoms with Gasteiger partial charge >= 0.3 is 11.7 Å². The van der Waals surface area contributed by atoms with Crippen molar-refractivity contribution in [3.8, 4) is 0 Å². The Labute approximate surface area is 115 Å². The quantitative estimate of drug-likeness (QED) is 0.633. The molecule has 19 heavy (non-hydrogen) atoms. The number of rotatable bonds is 7. The number of carboxylic acids is 1. The maximum absolute atomic E-state index is 11.4. The van der Waals surface area contributed by atoms with Crippen LogP contribution in [0.4, 0.5) is 0 Å². The fraction of sp³-hybridized carbons (Fsp3) is 0.727. The molecule has 8 heteroatoms. The van der Waals surface area contributed by atoms with Gasteiger partial charge in [-0.1, -0.05) is 18.7 Å². The summed E-state index contributed by atoms with van der Waals surface area (Å²) in [5.41, 5.74) is -1.23. The zero-order chi connectivity index (χ0) is 14.6. The SMILES string of the molecule is CCn1c(SC(C)CC(C)(NC)C(=O)O)n[nH]c1=O. The van der Waals surface area contributed by atoms with Crippen LogP contribution in [-0.4, -0.2) is 43.7 Å². The number of likely N-dealkylation sites (N-methyl/N-ethyl adjacent to an activating group) is 1. The van der Waals surface area contributed by atoms with Gasteiger partial charge in [-0.3, -0.25) is 9.36 Å². The van der Waals surface area contributed by atoms with E-state index >= 15 is 0 Å². The minimum absolute atomic E-state index is 0.00838. The van der Waals surface area contributed by atoms with Crippen LogP contribution >= 0.6 is 11.8 Å². The van der Waals surface area contributed by atoms with Crippen LogP contribution in [0.2, 0.25) is 0 Å². The van der Waals surface area contributed by atoms with Crippen molar-refractivity contribution < 1.29 is 9.90 Å². The van der Waals surface area contributed by atoms with Crippen molar-refractivity contribution in [2.75, 3.05) is 7.05 Å². The van der Waals surface area contributed by atoms with Gasteiger partial charge < -0.3 is 10.4 Å². The molecule has 0 aromatic carbocycles. The Morgan fingerprint density at radius 1 is 1.68 bits per heavy atom. The number of H-pyrrole nitrogens is 1. The van der Waals surface area contributed by atoms with Crippen LogP contribution in [0.25, 0.3) is 0 Å². The first-order valence-electron chi connectivity index (χ1n) is 6.08. The van der Waals surface area contributed by atoms with Gasteiger partial charge in [0, 0.05) is 11.8 Å². The largest absolute Gasteiger partial charge is 0.480 e. The summed E-state index contributed by atoms with van der Waals surface area (Å²) in [7, 11) is 1.63. The predicted molar refractivity (Wildman–Crippen MR) is 73.6 cm³/mol. The first kappa shape index (κ1) is 15.8. The smallest absolute Gasteiger partial charge is 0.343 e. The molecule has 0 bridgehead atoms. The summed E-state index contributed by atoms with van der Waals surface area (Å²) in [4.78, 5) is 22.6. The van der Waals surface area contributed by atoms with Crippen molar-refractivity contribution in [3.63, 3.8) is 0 Å². The third-order valence-electron chi connectivity index (χ3n) is 3.07. The highest BCUT2D eigenvalue weighted by molar-refractivity contribution is 7.99. The number of aromatic amines is 1. The van der Waals surface area contributed by atoms with E-state index in [2.05, 4.69) is 15.5 Å². The Morgan fingerprint density at radius 2 is 2.32 bits per heavy atom. The van der Waals surface area contributed by atoms with E-state index in [9.17, 15) is 14.7 Å². The van der Waals surface area contributed by atoms with Gasteiger partial charge in [0.1, 0.15) is 5.54 Å². The van der Waals surface area contributed by atoms with Crippen LogP contribution in [0.5, 0.6) is 0 Å². The average molecular weight is 288 g/mol. The highest BCUT2D eigenvalue weighted by Crippen LogP contribution is 2.26. The first-order chi connectivity index (χ1) is 8.84. The van der Waals surface area contributed by atoms with E-state index in [0.29, 0.717) is 18.1 Å². The topological polar surface area (TPSA) is 100 Å². The number of carboxylic acid groups (broad SMARTS) is 1. The molecule has 1 aromatic heterocycles. The maximum atomic E-state index is 11.4. The lowest BCUT2D eigenvalue weighted by molar-refractivity contribution is -0.144. The Kier molecular flexibility index (Phi) is 5.19. The van der Waals surface area contributed by atoms with E-state index in [1.54, 1.807) is 14.0 Å². The van der Waals surface area contributed by atoms with E-state index in [-0.39, 0.29) is 10.9 Å². The number of hydrogen-bond acceptors (Lipinski definition) is 5. The van der Waals surface area contributed by atoms with Crippen molar-refractivity contribution in [3.05, 3.63) is 10.5 Å². The molecule has 0 aliphatic carbocycles. The molecular formula is C11H20N4O3S. The van der Waals surface area contributed by atoms with Crippen molar-refractivity contribution in [2.24, 2.45) is 0 Å². The van der Waals surface area contributed by atoms with Crippen molar-refractivity contribution in [1.29, 1.82) is 0 Å². The molecule has 0 aliphatic rings. The van der Waals surface area contributed by atoms with Gasteiger partial charge in [-0.15, -0.1) is 5.10 Å². The second kappa shape index (κ2) is 6.25. The van der Waals surface area contributed by atoms with E-state index in [1.165, 1.54) is 16.3 Å². The van der Waals surface area contributed by atoms with Gasteiger partial charge in [0.05, 0.1) is 0 Å². The van der Waals surface area contributed by atoms with E-state index < -0.39 is 11.5 Å². The fourth-order valence-electron chi connectivity index (χ4n) is 1.76. The average Bonchev–Trinajstić information content (AvgIpc) is 2.69. The fourth-order valence-corrected chi connectivity index (χ4v) is 2.98. The Bertz CT molecular complexity index is 498. The Morgan fingerprint density at radius 3 is 2.79 bits per heavy atom. The van der Waals surface area contributed by atoms with E-state index in [4.69, 9.17) is 0 Å². The number of aliphatic carboxylic acids is 1. The number of aromatic nitrogens is 3. The third kappa shape index (κ3) is 3.60. The second-order valence-corrected chi connectivity index (χ2v) is 5.98. The molecule has 2 unspecified atom stereocenters. The van der Waals surface area contributed by atoms with Crippen molar-refractivity contribution in [1.82, 2.24) is 20.1 Å². The van der Waals surface area contributed by atoms with Gasteiger partial charge in [-0.25, -0.2) is 9.89 Å². The van der Waals surface area contributed by atoms with Gasteiger partial charge in [0.25, 0.3) is 0 Å². The standard InChI is InChI=1S/C11H20N4O3S/c1-5-15-9(18)13-14-10(15)19-7(2)6-11(3,12-4)8(16)17/h7,12H,5-6H2,1-4H3,(H,13,18)(H,16,17). The molecule has 1 rings (SSSR count). The third-order valence-corrected chi connectivity index (χ3v) is 4.16. The molecule has 0 spiro atoms. The lowest BCUT2D eigenvalue weighted by Gasteiger charge is -2.26. The number of carbonyl (C=O) groups is 1. The van der Waals surface area contributed by atoms with E-state index in [1.807, 2.05) is 13.8 Å². The summed E-state index contributed by atoms with van der Waals surface area (Å²) >= 11 is 1.39. The van der Waals surface area contributed by atoms with Crippen molar-refractivity contribution in [2.45, 2.75) is 49.7 Å². The predicted octanol–water partition coefficient (Wildman–Crippen LogP) is 0.525. The lowest BCUT2D eigenvalue weighted by atomic mass is 9.97. The summed E-state index contributed by atoms with van der Waals surface area (Å²) in [6, 6.07) is 0. The molecule has 108 valence electrons. The summed E-state index contributed by atoms with van der Waals surface area (Å²) in [5.74, 6) is -0.891. The number of nitrogens with one attached hydrogen (secondary N) is 2. The summed E-state index contributed by atoms with van der Waals surface area (Å²) < 4.78 is 1.53. The van der Waals surface area contributed by atoms with Gasteiger partial charge in [0.15, 0.2) is 5.16 Å². The van der Waals surface area contributed by atoms with Gasteiger partial charge in [-0.2, -0.15) is 0 Å². The zero-order valence-corrected chi connectivity index (χ0v) is 12.4. The molecular weight excluding hydrogens is 268 g/mol. The number of hydrogen-bond donors (Lipinski definition) is 3. The monoisotopic (exact) mass is 288 g/mol. The van der Waals surface area contributed by atoms with E-state index in [0.717, 1.165) is 0 Å². The highest BCUT2D eigenvalue weighted by Gasteiger charge is 2.33.